The van der Waals surface area contributed by atoms with E-state index in [9.17, 15) is 0 Å². The van der Waals surface area contributed by atoms with Crippen LogP contribution < -0.4 is 4.90 Å². The molecule has 0 N–H and O–H groups in total. The number of nitrogens with zero attached hydrogens (tertiary/aromatic N) is 1. The highest BCUT2D eigenvalue weighted by atomic mass is 79.9. The number of halogens is 1. The minimum absolute atomic E-state index is 0.652. The van der Waals surface area contributed by atoms with Gasteiger partial charge in [-0.3, -0.25) is 0 Å². The summed E-state index contributed by atoms with van der Waals surface area (Å²) in [6.45, 7) is 4.72. The number of rotatable bonds is 1. The van der Waals surface area contributed by atoms with Crippen LogP contribution in [0.1, 0.15) is 44.1 Å². The first-order valence-electron chi connectivity index (χ1n) is 7.20. The van der Waals surface area contributed by atoms with Crippen molar-refractivity contribution in [3.05, 3.63) is 28.2 Å². The summed E-state index contributed by atoms with van der Waals surface area (Å²) in [7, 11) is 0. The van der Waals surface area contributed by atoms with E-state index in [4.69, 9.17) is 0 Å². The summed E-state index contributed by atoms with van der Waals surface area (Å²) in [5, 5.41) is 0. The predicted molar refractivity (Wildman–Crippen MR) is 81.2 cm³/mol. The lowest BCUT2D eigenvalue weighted by Gasteiger charge is -2.52. The predicted octanol–water partition coefficient (Wildman–Crippen LogP) is 4.92. The molecule has 1 heterocycles. The van der Waals surface area contributed by atoms with E-state index in [1.54, 1.807) is 0 Å². The van der Waals surface area contributed by atoms with Crippen LogP contribution in [0.5, 0.6) is 0 Å². The normalized spacial score (nSPS) is 22.7. The van der Waals surface area contributed by atoms with Gasteiger partial charge in [0.25, 0.3) is 0 Å². The summed E-state index contributed by atoms with van der Waals surface area (Å²) in [4.78, 5) is 2.56. The Bertz CT molecular complexity index is 425. The summed E-state index contributed by atoms with van der Waals surface area (Å²) in [6.07, 6.45) is 8.71. The highest BCUT2D eigenvalue weighted by molar-refractivity contribution is 9.10. The van der Waals surface area contributed by atoms with E-state index in [0.29, 0.717) is 5.41 Å². The van der Waals surface area contributed by atoms with Gasteiger partial charge in [0, 0.05) is 23.0 Å². The lowest BCUT2D eigenvalue weighted by atomic mass is 9.73. The fourth-order valence-corrected chi connectivity index (χ4v) is 4.09. The molecule has 1 saturated carbocycles. The first-order chi connectivity index (χ1) is 8.69. The molecule has 2 aliphatic rings. The smallest absolute Gasteiger partial charge is 0.0513 e. The Morgan fingerprint density at radius 2 is 1.72 bits per heavy atom. The Hall–Kier alpha value is -0.500. The third kappa shape index (κ3) is 2.32. The molecule has 1 aliphatic carbocycles. The van der Waals surface area contributed by atoms with Crippen molar-refractivity contribution < 1.29 is 0 Å². The average Bonchev–Trinajstić information content (AvgIpc) is 2.56. The summed E-state index contributed by atoms with van der Waals surface area (Å²) >= 11 is 3.69. The lowest BCUT2D eigenvalue weighted by Crippen LogP contribution is -2.56. The van der Waals surface area contributed by atoms with E-state index in [1.807, 2.05) is 0 Å². The lowest BCUT2D eigenvalue weighted by molar-refractivity contribution is 0.180. The van der Waals surface area contributed by atoms with Crippen molar-refractivity contribution in [3.63, 3.8) is 0 Å². The minimum Gasteiger partial charge on any atom is -0.369 e. The van der Waals surface area contributed by atoms with Gasteiger partial charge in [-0.2, -0.15) is 0 Å². The fourth-order valence-electron chi connectivity index (χ4n) is 3.59. The van der Waals surface area contributed by atoms with Crippen LogP contribution >= 0.6 is 15.9 Å². The second kappa shape index (κ2) is 4.88. The van der Waals surface area contributed by atoms with Crippen molar-refractivity contribution >= 4 is 21.6 Å². The Kier molecular flexibility index (Phi) is 3.40. The number of anilines is 1. The van der Waals surface area contributed by atoms with Crippen LogP contribution in [0.4, 0.5) is 5.69 Å². The molecule has 0 amide bonds. The van der Waals surface area contributed by atoms with Crippen molar-refractivity contribution in [2.45, 2.75) is 45.4 Å². The molecule has 1 aromatic carbocycles. The van der Waals surface area contributed by atoms with Crippen LogP contribution in [0.25, 0.3) is 0 Å². The SMILES string of the molecule is Cc1ccc(Br)c(N2CC3(CCCCCC3)C2)c1. The first-order valence-corrected chi connectivity index (χ1v) is 7.99. The topological polar surface area (TPSA) is 3.24 Å². The maximum absolute atomic E-state index is 3.69. The van der Waals surface area contributed by atoms with E-state index in [-0.39, 0.29) is 0 Å². The Morgan fingerprint density at radius 1 is 1.06 bits per heavy atom. The van der Waals surface area contributed by atoms with E-state index in [0.717, 1.165) is 0 Å². The Balaban J connectivity index is 1.72. The molecule has 1 aromatic rings. The second-order valence-electron chi connectivity index (χ2n) is 6.23. The van der Waals surface area contributed by atoms with Gasteiger partial charge in [-0.1, -0.05) is 31.7 Å². The molecule has 18 heavy (non-hydrogen) atoms. The second-order valence-corrected chi connectivity index (χ2v) is 7.08. The summed E-state index contributed by atoms with van der Waals surface area (Å²) < 4.78 is 1.25. The molecule has 0 bridgehead atoms. The highest BCUT2D eigenvalue weighted by Gasteiger charge is 2.42. The number of hydrogen-bond acceptors (Lipinski definition) is 1. The maximum atomic E-state index is 3.69. The molecular formula is C16H22BrN. The zero-order chi connectivity index (χ0) is 12.6. The van der Waals surface area contributed by atoms with E-state index < -0.39 is 0 Å². The van der Waals surface area contributed by atoms with Gasteiger partial charge in [0.1, 0.15) is 0 Å². The number of hydrogen-bond donors (Lipinski definition) is 0. The molecule has 1 spiro atoms. The molecule has 1 aliphatic heterocycles. The average molecular weight is 308 g/mol. The molecule has 0 atom stereocenters. The van der Waals surface area contributed by atoms with E-state index in [1.165, 1.54) is 67.3 Å². The van der Waals surface area contributed by atoms with Crippen molar-refractivity contribution in [3.8, 4) is 0 Å². The first kappa shape index (κ1) is 12.5. The highest BCUT2D eigenvalue weighted by Crippen LogP contribution is 2.46. The largest absolute Gasteiger partial charge is 0.369 e. The molecule has 98 valence electrons. The zero-order valence-electron chi connectivity index (χ0n) is 11.2. The molecule has 2 fully saturated rings. The van der Waals surface area contributed by atoms with Gasteiger partial charge < -0.3 is 4.90 Å². The molecular weight excluding hydrogens is 286 g/mol. The van der Waals surface area contributed by atoms with Gasteiger partial charge >= 0.3 is 0 Å². The third-order valence-corrected chi connectivity index (χ3v) is 5.33. The molecule has 3 rings (SSSR count). The third-order valence-electron chi connectivity index (χ3n) is 4.66. The Labute approximate surface area is 119 Å². The van der Waals surface area contributed by atoms with Crippen molar-refractivity contribution in [1.29, 1.82) is 0 Å². The monoisotopic (exact) mass is 307 g/mol. The molecule has 2 heteroatoms. The van der Waals surface area contributed by atoms with Gasteiger partial charge in [-0.15, -0.1) is 0 Å². The number of aryl methyl sites for hydroxylation is 1. The van der Waals surface area contributed by atoms with Gasteiger partial charge in [0.15, 0.2) is 0 Å². The summed E-state index contributed by atoms with van der Waals surface area (Å²) in [5.74, 6) is 0. The molecule has 0 unspecified atom stereocenters. The van der Waals surface area contributed by atoms with Crippen LogP contribution in [0.3, 0.4) is 0 Å². The van der Waals surface area contributed by atoms with Crippen LogP contribution in [-0.4, -0.2) is 13.1 Å². The van der Waals surface area contributed by atoms with Crippen LogP contribution in [0.2, 0.25) is 0 Å². The van der Waals surface area contributed by atoms with Gasteiger partial charge in [0.05, 0.1) is 5.69 Å². The zero-order valence-corrected chi connectivity index (χ0v) is 12.8. The minimum atomic E-state index is 0.652. The summed E-state index contributed by atoms with van der Waals surface area (Å²) in [5.41, 5.74) is 3.40. The molecule has 1 saturated heterocycles. The Morgan fingerprint density at radius 3 is 2.39 bits per heavy atom. The van der Waals surface area contributed by atoms with Gasteiger partial charge in [-0.05, 0) is 53.4 Å². The van der Waals surface area contributed by atoms with Crippen LogP contribution in [-0.2, 0) is 0 Å². The van der Waals surface area contributed by atoms with Crippen LogP contribution in [0, 0.1) is 12.3 Å². The van der Waals surface area contributed by atoms with Crippen molar-refractivity contribution in [1.82, 2.24) is 0 Å². The number of benzene rings is 1. The fraction of sp³-hybridized carbons (Fsp3) is 0.625. The molecule has 0 radical (unpaired) electrons. The van der Waals surface area contributed by atoms with Crippen molar-refractivity contribution in [2.24, 2.45) is 5.41 Å². The molecule has 0 aromatic heterocycles. The maximum Gasteiger partial charge on any atom is 0.0513 e. The molecule has 1 nitrogen and oxygen atoms in total. The quantitative estimate of drug-likeness (QED) is 0.712. The van der Waals surface area contributed by atoms with Crippen LogP contribution in [0.15, 0.2) is 22.7 Å². The summed E-state index contributed by atoms with van der Waals surface area (Å²) in [6, 6.07) is 6.67. The van der Waals surface area contributed by atoms with E-state index in [2.05, 4.69) is 46.0 Å². The standard InChI is InChI=1S/C16H22BrN/c1-13-6-7-14(17)15(10-13)18-11-16(12-18)8-4-2-3-5-9-16/h6-7,10H,2-5,8-9,11-12H2,1H3. The van der Waals surface area contributed by atoms with E-state index >= 15 is 0 Å². The van der Waals surface area contributed by atoms with Crippen molar-refractivity contribution in [2.75, 3.05) is 18.0 Å². The van der Waals surface area contributed by atoms with Gasteiger partial charge in [0.2, 0.25) is 0 Å². The van der Waals surface area contributed by atoms with Gasteiger partial charge in [-0.25, -0.2) is 0 Å².